The molecule has 1 aliphatic heterocycles. The first-order chi connectivity index (χ1) is 29.7. The van der Waals surface area contributed by atoms with E-state index in [1.54, 1.807) is 37.5 Å². The van der Waals surface area contributed by atoms with E-state index in [1.165, 1.54) is 6.33 Å². The molecule has 1 fully saturated rings. The van der Waals surface area contributed by atoms with E-state index in [0.29, 0.717) is 35.1 Å². The van der Waals surface area contributed by atoms with E-state index in [2.05, 4.69) is 46.7 Å². The summed E-state index contributed by atoms with van der Waals surface area (Å²) in [5, 5.41) is 12.3. The van der Waals surface area contributed by atoms with Gasteiger partial charge in [0, 0.05) is 20.5 Å². The molecule has 1 N–H and O–H groups in total. The minimum Gasteiger partial charge on any atom is -0.497 e. The van der Waals surface area contributed by atoms with Gasteiger partial charge in [-0.3, -0.25) is 9.55 Å². The van der Waals surface area contributed by atoms with Crippen molar-refractivity contribution < 1.29 is 33.5 Å². The Morgan fingerprint density at radius 1 is 0.738 bits per heavy atom. The summed E-state index contributed by atoms with van der Waals surface area (Å²) < 4.78 is 39.7. The first-order valence-electron chi connectivity index (χ1n) is 20.4. The van der Waals surface area contributed by atoms with Gasteiger partial charge in [-0.05, 0) is 75.8 Å². The highest BCUT2D eigenvalue weighted by atomic mass is 28.3. The second-order valence-corrected chi connectivity index (χ2v) is 21.9. The molecule has 314 valence electrons. The molecule has 4 atom stereocenters. The summed E-state index contributed by atoms with van der Waals surface area (Å²) >= 11 is 0. The molecule has 1 saturated heterocycles. The summed E-state index contributed by atoms with van der Waals surface area (Å²) in [6.45, 7) is 7.64. The molecule has 8 rings (SSSR count). The van der Waals surface area contributed by atoms with Crippen molar-refractivity contribution in [1.82, 2.24) is 24.5 Å². The normalized spacial score (nSPS) is 18.0. The van der Waals surface area contributed by atoms with Gasteiger partial charge in [0.15, 0.2) is 17.4 Å². The van der Waals surface area contributed by atoms with E-state index in [0.717, 1.165) is 39.4 Å². The minimum absolute atomic E-state index is 0.0161. The van der Waals surface area contributed by atoms with Crippen molar-refractivity contribution >= 4 is 19.2 Å². The predicted octanol–water partition coefficient (Wildman–Crippen LogP) is 8.47. The van der Waals surface area contributed by atoms with Gasteiger partial charge in [0.05, 0.1) is 40.4 Å². The van der Waals surface area contributed by atoms with Gasteiger partial charge in [0.25, 0.3) is 0 Å². The lowest BCUT2D eigenvalue weighted by Crippen LogP contribution is -2.40. The van der Waals surface area contributed by atoms with E-state index in [-0.39, 0.29) is 13.2 Å². The third-order valence-electron chi connectivity index (χ3n) is 11.1. The lowest BCUT2D eigenvalue weighted by atomic mass is 9.80. The van der Waals surface area contributed by atoms with Gasteiger partial charge < -0.3 is 33.5 Å². The quantitative estimate of drug-likeness (QED) is 0.0700. The molecule has 12 nitrogen and oxygen atoms in total. The molecule has 0 amide bonds. The summed E-state index contributed by atoms with van der Waals surface area (Å²) in [5.41, 5.74) is 5.53. The van der Waals surface area contributed by atoms with Gasteiger partial charge in [-0.1, -0.05) is 98.5 Å². The maximum atomic E-state index is 12.3. The average molecular weight is 838 g/mol. The number of imidazole rings is 1. The van der Waals surface area contributed by atoms with Crippen LogP contribution in [0.2, 0.25) is 25.7 Å². The Morgan fingerprint density at radius 3 is 1.98 bits per heavy atom. The van der Waals surface area contributed by atoms with Crippen molar-refractivity contribution in [3.05, 3.63) is 163 Å². The SMILES string of the molecule is COc1ccc(C(OC[C@H]2O[C@@H](n3cnc4c(OCC[Si](C)(C)C)ncnc43)[C@H](OCc3ccc(-c4ccncc4)cc3)[C@@H]2O)(c2ccccc2)c2ccc(OC)cc2)cc1. The molecule has 13 heteroatoms. The van der Waals surface area contributed by atoms with Crippen LogP contribution in [0.4, 0.5) is 0 Å². The van der Waals surface area contributed by atoms with Crippen LogP contribution in [0.25, 0.3) is 22.3 Å². The van der Waals surface area contributed by atoms with E-state index in [4.69, 9.17) is 33.4 Å². The second-order valence-electron chi connectivity index (χ2n) is 16.2. The second kappa shape index (κ2) is 18.3. The molecular weight excluding hydrogens is 787 g/mol. The van der Waals surface area contributed by atoms with Gasteiger partial charge in [-0.2, -0.15) is 4.98 Å². The Labute approximate surface area is 357 Å². The number of aliphatic hydroxyl groups excluding tert-OH is 1. The fourth-order valence-electron chi connectivity index (χ4n) is 7.65. The number of fused-ring (bicyclic) bond motifs is 1. The zero-order valence-corrected chi connectivity index (χ0v) is 36.0. The molecule has 4 aromatic carbocycles. The molecule has 4 heterocycles. The van der Waals surface area contributed by atoms with Gasteiger partial charge in [-0.25, -0.2) is 9.97 Å². The lowest BCUT2D eigenvalue weighted by Gasteiger charge is -2.37. The summed E-state index contributed by atoms with van der Waals surface area (Å²) in [4.78, 5) is 17.9. The number of pyridine rings is 1. The van der Waals surface area contributed by atoms with Crippen molar-refractivity contribution in [2.45, 2.75) is 62.4 Å². The highest BCUT2D eigenvalue weighted by Crippen LogP contribution is 2.43. The number of aliphatic hydroxyl groups is 1. The van der Waals surface area contributed by atoms with E-state index in [9.17, 15) is 5.11 Å². The van der Waals surface area contributed by atoms with Crippen molar-refractivity contribution in [3.63, 3.8) is 0 Å². The highest BCUT2D eigenvalue weighted by Gasteiger charge is 2.48. The van der Waals surface area contributed by atoms with Crippen LogP contribution in [0, 0.1) is 0 Å². The zero-order chi connectivity index (χ0) is 42.4. The van der Waals surface area contributed by atoms with E-state index >= 15 is 0 Å². The number of rotatable bonds is 17. The maximum Gasteiger partial charge on any atom is 0.245 e. The van der Waals surface area contributed by atoms with Gasteiger partial charge >= 0.3 is 0 Å². The van der Waals surface area contributed by atoms with Gasteiger partial charge in [-0.15, -0.1) is 0 Å². The third-order valence-corrected chi connectivity index (χ3v) is 12.8. The number of ether oxygens (including phenoxy) is 6. The molecule has 0 spiro atoms. The minimum atomic E-state index is -1.36. The van der Waals surface area contributed by atoms with Crippen LogP contribution >= 0.6 is 0 Å². The van der Waals surface area contributed by atoms with Crippen molar-refractivity contribution in [3.8, 4) is 28.5 Å². The number of hydrogen-bond acceptors (Lipinski definition) is 11. The molecule has 0 radical (unpaired) electrons. The fraction of sp³-hybridized carbons (Fsp3) is 0.292. The first kappa shape index (κ1) is 41.8. The van der Waals surface area contributed by atoms with Crippen LogP contribution in [-0.4, -0.2) is 83.4 Å². The first-order valence-corrected chi connectivity index (χ1v) is 24.1. The summed E-state index contributed by atoms with van der Waals surface area (Å²) in [5.74, 6) is 1.83. The third kappa shape index (κ3) is 9.07. The van der Waals surface area contributed by atoms with Crippen LogP contribution in [0.3, 0.4) is 0 Å². The monoisotopic (exact) mass is 837 g/mol. The molecule has 0 saturated carbocycles. The molecule has 1 aliphatic rings. The summed E-state index contributed by atoms with van der Waals surface area (Å²) in [7, 11) is 1.93. The van der Waals surface area contributed by atoms with Gasteiger partial charge in [0.1, 0.15) is 41.7 Å². The number of aromatic nitrogens is 5. The van der Waals surface area contributed by atoms with E-state index < -0.39 is 38.2 Å². The molecule has 0 bridgehead atoms. The number of benzene rings is 4. The van der Waals surface area contributed by atoms with Crippen LogP contribution in [-0.2, 0) is 26.4 Å². The average Bonchev–Trinajstić information content (AvgIpc) is 3.87. The smallest absolute Gasteiger partial charge is 0.245 e. The Balaban J connectivity index is 1.13. The van der Waals surface area contributed by atoms with Crippen molar-refractivity contribution in [1.29, 1.82) is 0 Å². The maximum absolute atomic E-state index is 12.3. The molecule has 0 aliphatic carbocycles. The van der Waals surface area contributed by atoms with Crippen molar-refractivity contribution in [2.24, 2.45) is 0 Å². The van der Waals surface area contributed by atoms with Crippen molar-refractivity contribution in [2.75, 3.05) is 27.4 Å². The van der Waals surface area contributed by atoms with Crippen LogP contribution < -0.4 is 14.2 Å². The molecule has 3 aromatic heterocycles. The fourth-order valence-corrected chi connectivity index (χ4v) is 8.36. The summed E-state index contributed by atoms with van der Waals surface area (Å²) in [6.07, 6.45) is 3.04. The Hall–Kier alpha value is -5.96. The molecular formula is C48H51N5O7Si. The van der Waals surface area contributed by atoms with Crippen LogP contribution in [0.5, 0.6) is 17.4 Å². The van der Waals surface area contributed by atoms with Gasteiger partial charge in [0.2, 0.25) is 5.88 Å². The molecule has 0 unspecified atom stereocenters. The Kier molecular flexibility index (Phi) is 12.6. The highest BCUT2D eigenvalue weighted by molar-refractivity contribution is 6.76. The summed E-state index contributed by atoms with van der Waals surface area (Å²) in [6, 6.07) is 38.7. The largest absolute Gasteiger partial charge is 0.497 e. The topological polar surface area (TPSA) is 132 Å². The molecule has 61 heavy (non-hydrogen) atoms. The number of nitrogens with zero attached hydrogens (tertiary/aromatic N) is 5. The molecule has 7 aromatic rings. The lowest BCUT2D eigenvalue weighted by molar-refractivity contribution is -0.0968. The van der Waals surface area contributed by atoms with Crippen LogP contribution in [0.15, 0.2) is 140 Å². The zero-order valence-electron chi connectivity index (χ0n) is 35.0. The van der Waals surface area contributed by atoms with E-state index in [1.807, 2.05) is 103 Å². The standard InChI is InChI=1S/C48H51N5O7Si/c1-55-39-19-15-37(16-20-39)48(36-9-7-6-8-10-36,38-17-21-40(56-2)22-18-38)59-30-41-43(54)44(58-29-33-11-13-34(14-12-33)35-23-25-49-26-24-35)47(60-41)53-32-52-42-45(53)50-31-51-46(42)57-27-28-61(3,4)5/h6-26,31-32,41,43-44,47,54H,27-30H2,1-5H3/t41-,43-,44-,47-/m1/s1. The Bertz CT molecular complexity index is 2430. The van der Waals surface area contributed by atoms with Crippen LogP contribution in [0.1, 0.15) is 28.5 Å². The number of methoxy groups -OCH3 is 2. The predicted molar refractivity (Wildman–Crippen MR) is 235 cm³/mol. The Morgan fingerprint density at radius 2 is 1.36 bits per heavy atom. The number of hydrogen-bond donors (Lipinski definition) is 1.